The molecule has 6 heteroatoms. The Morgan fingerprint density at radius 2 is 1.72 bits per heavy atom. The van der Waals surface area contributed by atoms with Gasteiger partial charge >= 0.3 is 6.03 Å². The van der Waals surface area contributed by atoms with Crippen LogP contribution in [0.3, 0.4) is 0 Å². The average Bonchev–Trinajstić information content (AvgIpc) is 2.39. The standard InChI is InChI=1S/C12H22N4O2/c1-14-5-7-15(8-6-14)11(17)10-3-2-4-16(9-10)12(13)18/h10H,2-9H2,1H3,(H2,13,18). The van der Waals surface area contributed by atoms with Gasteiger partial charge in [0, 0.05) is 39.3 Å². The van der Waals surface area contributed by atoms with Gasteiger partial charge in [0.2, 0.25) is 5.91 Å². The Morgan fingerprint density at radius 3 is 2.33 bits per heavy atom. The van der Waals surface area contributed by atoms with E-state index >= 15 is 0 Å². The quantitative estimate of drug-likeness (QED) is 0.689. The van der Waals surface area contributed by atoms with E-state index in [1.54, 1.807) is 4.90 Å². The molecular weight excluding hydrogens is 232 g/mol. The second-order valence-corrected chi connectivity index (χ2v) is 5.25. The van der Waals surface area contributed by atoms with Crippen LogP contribution in [0.2, 0.25) is 0 Å². The van der Waals surface area contributed by atoms with Gasteiger partial charge in [-0.2, -0.15) is 0 Å². The maximum absolute atomic E-state index is 12.4. The van der Waals surface area contributed by atoms with Crippen molar-refractivity contribution in [2.75, 3.05) is 46.3 Å². The lowest BCUT2D eigenvalue weighted by Crippen LogP contribution is -2.52. The summed E-state index contributed by atoms with van der Waals surface area (Å²) in [5.41, 5.74) is 5.28. The van der Waals surface area contributed by atoms with Crippen LogP contribution in [-0.4, -0.2) is 73.0 Å². The Labute approximate surface area is 108 Å². The van der Waals surface area contributed by atoms with Crippen LogP contribution >= 0.6 is 0 Å². The first kappa shape index (κ1) is 13.1. The van der Waals surface area contributed by atoms with E-state index in [1.807, 2.05) is 4.90 Å². The molecule has 2 heterocycles. The van der Waals surface area contributed by atoms with Crippen molar-refractivity contribution in [3.63, 3.8) is 0 Å². The van der Waals surface area contributed by atoms with Gasteiger partial charge in [0.25, 0.3) is 0 Å². The van der Waals surface area contributed by atoms with Crippen molar-refractivity contribution in [3.8, 4) is 0 Å². The van der Waals surface area contributed by atoms with Crippen molar-refractivity contribution in [2.45, 2.75) is 12.8 Å². The third-order valence-corrected chi connectivity index (χ3v) is 3.90. The van der Waals surface area contributed by atoms with Crippen LogP contribution in [0, 0.1) is 5.92 Å². The molecule has 2 N–H and O–H groups in total. The molecule has 2 saturated heterocycles. The summed E-state index contributed by atoms with van der Waals surface area (Å²) in [5, 5.41) is 0. The third-order valence-electron chi connectivity index (χ3n) is 3.90. The monoisotopic (exact) mass is 254 g/mol. The number of carbonyl (C=O) groups is 2. The number of rotatable bonds is 1. The lowest BCUT2D eigenvalue weighted by molar-refractivity contribution is -0.138. The van der Waals surface area contributed by atoms with Crippen molar-refractivity contribution in [1.29, 1.82) is 0 Å². The predicted octanol–water partition coefficient (Wildman–Crippen LogP) is -0.449. The first-order valence-corrected chi connectivity index (χ1v) is 6.59. The van der Waals surface area contributed by atoms with Crippen LogP contribution in [0.25, 0.3) is 0 Å². The number of urea groups is 1. The van der Waals surface area contributed by atoms with Crippen LogP contribution in [0.4, 0.5) is 4.79 Å². The maximum Gasteiger partial charge on any atom is 0.314 e. The highest BCUT2D eigenvalue weighted by Crippen LogP contribution is 2.19. The largest absolute Gasteiger partial charge is 0.351 e. The lowest BCUT2D eigenvalue weighted by atomic mass is 9.96. The highest BCUT2D eigenvalue weighted by atomic mass is 16.2. The number of hydrogen-bond acceptors (Lipinski definition) is 3. The zero-order valence-electron chi connectivity index (χ0n) is 11.0. The minimum Gasteiger partial charge on any atom is -0.351 e. The van der Waals surface area contributed by atoms with E-state index in [-0.39, 0.29) is 11.8 Å². The van der Waals surface area contributed by atoms with E-state index in [2.05, 4.69) is 11.9 Å². The van der Waals surface area contributed by atoms with Crippen LogP contribution in [0.5, 0.6) is 0 Å². The molecule has 2 aliphatic heterocycles. The number of hydrogen-bond donors (Lipinski definition) is 1. The van der Waals surface area contributed by atoms with E-state index in [9.17, 15) is 9.59 Å². The van der Waals surface area contributed by atoms with Crippen LogP contribution in [-0.2, 0) is 4.79 Å². The summed E-state index contributed by atoms with van der Waals surface area (Å²) >= 11 is 0. The summed E-state index contributed by atoms with van der Waals surface area (Å²) < 4.78 is 0. The van der Waals surface area contributed by atoms with Gasteiger partial charge in [0.05, 0.1) is 5.92 Å². The molecule has 2 aliphatic rings. The first-order chi connectivity index (χ1) is 8.58. The number of amides is 3. The summed E-state index contributed by atoms with van der Waals surface area (Å²) in [4.78, 5) is 29.2. The summed E-state index contributed by atoms with van der Waals surface area (Å²) in [6.07, 6.45) is 1.74. The van der Waals surface area contributed by atoms with Crippen molar-refractivity contribution in [1.82, 2.24) is 14.7 Å². The minimum absolute atomic E-state index is 0.0605. The van der Waals surface area contributed by atoms with Gasteiger partial charge in [-0.15, -0.1) is 0 Å². The zero-order chi connectivity index (χ0) is 13.1. The van der Waals surface area contributed by atoms with Gasteiger partial charge in [-0.1, -0.05) is 0 Å². The molecule has 0 aromatic heterocycles. The number of carbonyl (C=O) groups excluding carboxylic acids is 2. The smallest absolute Gasteiger partial charge is 0.314 e. The summed E-state index contributed by atoms with van der Waals surface area (Å²) in [6, 6.07) is -0.411. The number of piperazine rings is 1. The van der Waals surface area contributed by atoms with Gasteiger partial charge in [-0.05, 0) is 19.9 Å². The van der Waals surface area contributed by atoms with E-state index in [0.29, 0.717) is 13.1 Å². The van der Waals surface area contributed by atoms with Crippen molar-refractivity contribution in [2.24, 2.45) is 11.7 Å². The Balaban J connectivity index is 1.90. The average molecular weight is 254 g/mol. The molecule has 2 fully saturated rings. The van der Waals surface area contributed by atoms with E-state index in [4.69, 9.17) is 5.73 Å². The van der Waals surface area contributed by atoms with Crippen molar-refractivity contribution < 1.29 is 9.59 Å². The van der Waals surface area contributed by atoms with Gasteiger partial charge in [-0.25, -0.2) is 4.79 Å². The summed E-state index contributed by atoms with van der Waals surface area (Å²) in [7, 11) is 2.07. The van der Waals surface area contributed by atoms with Gasteiger partial charge in [0.1, 0.15) is 0 Å². The number of nitrogens with zero attached hydrogens (tertiary/aromatic N) is 3. The minimum atomic E-state index is -0.411. The molecule has 0 aliphatic carbocycles. The predicted molar refractivity (Wildman–Crippen MR) is 68.0 cm³/mol. The SMILES string of the molecule is CN1CCN(C(=O)C2CCCN(C(N)=O)C2)CC1. The maximum atomic E-state index is 12.4. The number of primary amides is 1. The third kappa shape index (κ3) is 2.93. The van der Waals surface area contributed by atoms with Gasteiger partial charge in [-0.3, -0.25) is 4.79 Å². The fourth-order valence-corrected chi connectivity index (χ4v) is 2.66. The second-order valence-electron chi connectivity index (χ2n) is 5.25. The number of likely N-dealkylation sites (N-methyl/N-ethyl adjacent to an activating group) is 1. The summed E-state index contributed by atoms with van der Waals surface area (Å²) in [5.74, 6) is 0.128. The van der Waals surface area contributed by atoms with E-state index in [1.165, 1.54) is 0 Å². The Kier molecular flexibility index (Phi) is 4.06. The molecule has 102 valence electrons. The normalized spacial score (nSPS) is 26.2. The van der Waals surface area contributed by atoms with Crippen LogP contribution in [0.1, 0.15) is 12.8 Å². The molecule has 0 bridgehead atoms. The Hall–Kier alpha value is -1.30. The number of nitrogens with two attached hydrogens (primary N) is 1. The molecule has 0 saturated carbocycles. The molecule has 0 radical (unpaired) electrons. The van der Waals surface area contributed by atoms with Gasteiger partial charge < -0.3 is 20.4 Å². The zero-order valence-corrected chi connectivity index (χ0v) is 11.0. The Morgan fingerprint density at radius 1 is 1.06 bits per heavy atom. The summed E-state index contributed by atoms with van der Waals surface area (Å²) in [6.45, 7) is 4.61. The molecule has 2 rings (SSSR count). The molecule has 0 aromatic rings. The molecule has 0 aromatic carbocycles. The molecule has 6 nitrogen and oxygen atoms in total. The topological polar surface area (TPSA) is 69.9 Å². The Bertz CT molecular complexity index is 326. The first-order valence-electron chi connectivity index (χ1n) is 6.59. The molecule has 3 amide bonds. The second kappa shape index (κ2) is 5.56. The van der Waals surface area contributed by atoms with Crippen molar-refractivity contribution in [3.05, 3.63) is 0 Å². The van der Waals surface area contributed by atoms with E-state index in [0.717, 1.165) is 39.0 Å². The fraction of sp³-hybridized carbons (Fsp3) is 0.833. The molecule has 0 spiro atoms. The van der Waals surface area contributed by atoms with Crippen molar-refractivity contribution >= 4 is 11.9 Å². The van der Waals surface area contributed by atoms with Gasteiger partial charge in [0.15, 0.2) is 0 Å². The number of piperidine rings is 1. The fourth-order valence-electron chi connectivity index (χ4n) is 2.66. The molecule has 18 heavy (non-hydrogen) atoms. The van der Waals surface area contributed by atoms with E-state index < -0.39 is 6.03 Å². The van der Waals surface area contributed by atoms with Crippen LogP contribution < -0.4 is 5.73 Å². The highest BCUT2D eigenvalue weighted by Gasteiger charge is 2.31. The lowest BCUT2D eigenvalue weighted by Gasteiger charge is -2.37. The number of likely N-dealkylation sites (tertiary alicyclic amines) is 1. The molecule has 1 atom stereocenters. The van der Waals surface area contributed by atoms with Crippen LogP contribution in [0.15, 0.2) is 0 Å². The highest BCUT2D eigenvalue weighted by molar-refractivity contribution is 5.80. The molecule has 1 unspecified atom stereocenters. The molecular formula is C12H22N4O2.